The van der Waals surface area contributed by atoms with Gasteiger partial charge in [0.2, 0.25) is 0 Å². The molecule has 102 valence electrons. The number of hydrogen-bond acceptors (Lipinski definition) is 4. The molecule has 0 aliphatic rings. The number of aromatic amines is 1. The van der Waals surface area contributed by atoms with Gasteiger partial charge in [-0.3, -0.25) is 0 Å². The number of methoxy groups -OCH3 is 1. The Balaban J connectivity index is 2.46. The molecule has 0 unspecified atom stereocenters. The van der Waals surface area contributed by atoms with E-state index < -0.39 is 5.97 Å². The van der Waals surface area contributed by atoms with E-state index in [9.17, 15) is 15.0 Å². The molecular formula is C14H12N2O4. The summed E-state index contributed by atoms with van der Waals surface area (Å²) in [6.45, 7) is 0.134. The van der Waals surface area contributed by atoms with E-state index in [2.05, 4.69) is 9.97 Å². The topological polar surface area (TPSA) is 95.4 Å². The molecule has 0 bridgehead atoms. The molecule has 0 atom stereocenters. The molecule has 6 heteroatoms. The van der Waals surface area contributed by atoms with Crippen LogP contribution in [0.25, 0.3) is 21.8 Å². The Labute approximate surface area is 113 Å². The molecule has 0 spiro atoms. The van der Waals surface area contributed by atoms with Crippen LogP contribution in [0.1, 0.15) is 16.1 Å². The first-order valence-electron chi connectivity index (χ1n) is 5.96. The van der Waals surface area contributed by atoms with Gasteiger partial charge in [-0.1, -0.05) is 0 Å². The molecule has 0 fully saturated rings. The second-order valence-electron chi connectivity index (χ2n) is 4.47. The van der Waals surface area contributed by atoms with E-state index >= 15 is 0 Å². The predicted molar refractivity (Wildman–Crippen MR) is 72.9 cm³/mol. The summed E-state index contributed by atoms with van der Waals surface area (Å²) in [6.07, 6.45) is 1.48. The molecule has 20 heavy (non-hydrogen) atoms. The van der Waals surface area contributed by atoms with Crippen LogP contribution in [0.4, 0.5) is 0 Å². The third-order valence-corrected chi connectivity index (χ3v) is 3.21. The van der Waals surface area contributed by atoms with E-state index in [1.807, 2.05) is 0 Å². The number of aromatic carboxylic acids is 1. The Morgan fingerprint density at radius 2 is 2.20 bits per heavy atom. The lowest BCUT2D eigenvalue weighted by molar-refractivity contribution is 0.0685. The maximum atomic E-state index is 11.3. The maximum absolute atomic E-state index is 11.3. The average molecular weight is 272 g/mol. The molecule has 0 aliphatic heterocycles. The van der Waals surface area contributed by atoms with Crippen LogP contribution in [0.15, 0.2) is 24.4 Å². The number of phenolic OH excluding ortho intramolecular Hbond substituents is 1. The molecule has 0 radical (unpaired) electrons. The average Bonchev–Trinajstić information content (AvgIpc) is 2.77. The van der Waals surface area contributed by atoms with E-state index in [0.717, 1.165) is 10.9 Å². The fourth-order valence-electron chi connectivity index (χ4n) is 2.42. The summed E-state index contributed by atoms with van der Waals surface area (Å²) in [7, 11) is 1.50. The number of phenols is 1. The van der Waals surface area contributed by atoms with Gasteiger partial charge in [0.1, 0.15) is 5.75 Å². The lowest BCUT2D eigenvalue weighted by Crippen LogP contribution is -2.06. The van der Waals surface area contributed by atoms with Crippen molar-refractivity contribution in [1.82, 2.24) is 9.97 Å². The van der Waals surface area contributed by atoms with Gasteiger partial charge in [0.05, 0.1) is 18.3 Å². The molecule has 2 heterocycles. The van der Waals surface area contributed by atoms with Gasteiger partial charge in [0, 0.05) is 29.0 Å². The number of fused-ring (bicyclic) bond motifs is 3. The first kappa shape index (κ1) is 12.4. The van der Waals surface area contributed by atoms with Gasteiger partial charge < -0.3 is 19.9 Å². The molecule has 0 saturated carbocycles. The normalized spacial score (nSPS) is 11.2. The number of hydrogen-bond donors (Lipinski definition) is 3. The van der Waals surface area contributed by atoms with Gasteiger partial charge in [-0.2, -0.15) is 0 Å². The number of ether oxygens (including phenoxy) is 1. The fraction of sp³-hybridized carbons (Fsp3) is 0.143. The Hall–Kier alpha value is -2.60. The number of H-pyrrole nitrogens is 1. The lowest BCUT2D eigenvalue weighted by atomic mass is 10.1. The van der Waals surface area contributed by atoms with Gasteiger partial charge in [-0.25, -0.2) is 9.78 Å². The molecule has 3 rings (SSSR count). The number of nitrogens with one attached hydrogen (secondary N) is 1. The van der Waals surface area contributed by atoms with Crippen LogP contribution in [0.5, 0.6) is 5.75 Å². The number of carbonyl (C=O) groups is 1. The summed E-state index contributed by atoms with van der Waals surface area (Å²) in [4.78, 5) is 18.4. The number of carboxylic acids is 1. The predicted octanol–water partition coefficient (Wildman–Crippen LogP) is 2.27. The lowest BCUT2D eigenvalue weighted by Gasteiger charge is -2.06. The van der Waals surface area contributed by atoms with Crippen LogP contribution in [-0.4, -0.2) is 33.3 Å². The highest BCUT2D eigenvalue weighted by atomic mass is 16.5. The number of carboxylic acid groups (broad SMARTS) is 1. The highest BCUT2D eigenvalue weighted by Crippen LogP contribution is 2.32. The molecule has 3 aromatic rings. The SMILES string of the molecule is COCc1c(C(=O)O)ncc2[nH]c3ccc(O)cc3c12. The Morgan fingerprint density at radius 1 is 1.40 bits per heavy atom. The summed E-state index contributed by atoms with van der Waals surface area (Å²) < 4.78 is 5.10. The number of pyridine rings is 1. The van der Waals surface area contributed by atoms with E-state index in [4.69, 9.17) is 4.74 Å². The first-order valence-corrected chi connectivity index (χ1v) is 5.96. The van der Waals surface area contributed by atoms with Gasteiger partial charge in [-0.15, -0.1) is 0 Å². The maximum Gasteiger partial charge on any atom is 0.354 e. The minimum atomic E-state index is -1.10. The van der Waals surface area contributed by atoms with Crippen LogP contribution in [0.3, 0.4) is 0 Å². The molecule has 0 saturated heterocycles. The zero-order valence-electron chi connectivity index (χ0n) is 10.7. The highest BCUT2D eigenvalue weighted by molar-refractivity contribution is 6.11. The van der Waals surface area contributed by atoms with E-state index in [1.54, 1.807) is 18.2 Å². The highest BCUT2D eigenvalue weighted by Gasteiger charge is 2.18. The summed E-state index contributed by atoms with van der Waals surface area (Å²) in [5.74, 6) is -0.982. The summed E-state index contributed by atoms with van der Waals surface area (Å²) in [6, 6.07) is 4.90. The molecule has 3 N–H and O–H groups in total. The molecule has 0 amide bonds. The Kier molecular flexibility index (Phi) is 2.80. The van der Waals surface area contributed by atoms with Crippen LogP contribution < -0.4 is 0 Å². The third-order valence-electron chi connectivity index (χ3n) is 3.21. The molecule has 0 aliphatic carbocycles. The van der Waals surface area contributed by atoms with Crippen molar-refractivity contribution < 1.29 is 19.7 Å². The van der Waals surface area contributed by atoms with Crippen LogP contribution in [-0.2, 0) is 11.3 Å². The van der Waals surface area contributed by atoms with E-state index in [1.165, 1.54) is 13.3 Å². The second-order valence-corrected chi connectivity index (χ2v) is 4.47. The first-order chi connectivity index (χ1) is 9.61. The van der Waals surface area contributed by atoms with Gasteiger partial charge >= 0.3 is 5.97 Å². The number of aromatic nitrogens is 2. The van der Waals surface area contributed by atoms with Crippen LogP contribution >= 0.6 is 0 Å². The van der Waals surface area contributed by atoms with Crippen LogP contribution in [0.2, 0.25) is 0 Å². The molecule has 6 nitrogen and oxygen atoms in total. The van der Waals surface area contributed by atoms with E-state index in [0.29, 0.717) is 16.5 Å². The smallest absolute Gasteiger partial charge is 0.354 e. The van der Waals surface area contributed by atoms with Crippen molar-refractivity contribution in [3.63, 3.8) is 0 Å². The minimum absolute atomic E-state index is 0.0383. The molecule has 2 aromatic heterocycles. The zero-order valence-corrected chi connectivity index (χ0v) is 10.7. The number of aromatic hydroxyl groups is 1. The van der Waals surface area contributed by atoms with Gasteiger partial charge in [-0.05, 0) is 18.2 Å². The van der Waals surface area contributed by atoms with Crippen molar-refractivity contribution in [2.24, 2.45) is 0 Å². The minimum Gasteiger partial charge on any atom is -0.508 e. The van der Waals surface area contributed by atoms with Crippen molar-refractivity contribution in [3.8, 4) is 5.75 Å². The Morgan fingerprint density at radius 3 is 2.90 bits per heavy atom. The van der Waals surface area contributed by atoms with Crippen molar-refractivity contribution >= 4 is 27.8 Å². The molecule has 1 aromatic carbocycles. The van der Waals surface area contributed by atoms with Crippen molar-refractivity contribution in [2.45, 2.75) is 6.61 Å². The van der Waals surface area contributed by atoms with E-state index in [-0.39, 0.29) is 18.1 Å². The summed E-state index contributed by atoms with van der Waals surface area (Å²) in [5, 5.41) is 20.3. The summed E-state index contributed by atoms with van der Waals surface area (Å²) >= 11 is 0. The number of nitrogens with zero attached hydrogens (tertiary/aromatic N) is 1. The van der Waals surface area contributed by atoms with Crippen molar-refractivity contribution in [1.29, 1.82) is 0 Å². The second kappa shape index (κ2) is 4.50. The quantitative estimate of drug-likeness (QED) is 0.679. The van der Waals surface area contributed by atoms with Crippen molar-refractivity contribution in [2.75, 3.05) is 7.11 Å². The monoisotopic (exact) mass is 272 g/mol. The van der Waals surface area contributed by atoms with Gasteiger partial charge in [0.25, 0.3) is 0 Å². The number of rotatable bonds is 3. The van der Waals surface area contributed by atoms with Crippen LogP contribution in [0, 0.1) is 0 Å². The Bertz CT molecular complexity index is 823. The number of benzene rings is 1. The fourth-order valence-corrected chi connectivity index (χ4v) is 2.42. The third kappa shape index (κ3) is 1.78. The largest absolute Gasteiger partial charge is 0.508 e. The van der Waals surface area contributed by atoms with Gasteiger partial charge in [0.15, 0.2) is 5.69 Å². The zero-order chi connectivity index (χ0) is 14.3. The summed E-state index contributed by atoms with van der Waals surface area (Å²) in [5.41, 5.74) is 1.97. The standard InChI is InChI=1S/C14H12N2O4/c1-20-6-9-12-8-4-7(17)2-3-10(8)16-11(12)5-15-13(9)14(18)19/h2-5,16-17H,6H2,1H3,(H,18,19). The van der Waals surface area contributed by atoms with Crippen molar-refractivity contribution in [3.05, 3.63) is 35.7 Å². The molecular weight excluding hydrogens is 260 g/mol.